The van der Waals surface area contributed by atoms with Gasteiger partial charge in [-0.3, -0.25) is 14.7 Å². The average molecular weight is 289 g/mol. The van der Waals surface area contributed by atoms with Gasteiger partial charge >= 0.3 is 0 Å². The smallest absolute Gasteiger partial charge is 0.226 e. The molecule has 0 saturated carbocycles. The van der Waals surface area contributed by atoms with Crippen LogP contribution in [0.4, 0.5) is 0 Å². The van der Waals surface area contributed by atoms with Crippen LogP contribution < -0.4 is 5.32 Å². The molecule has 0 aromatic carbocycles. The topological polar surface area (TPSA) is 54.5 Å². The fourth-order valence-electron chi connectivity index (χ4n) is 3.28. The molecule has 2 saturated heterocycles. The fourth-order valence-corrected chi connectivity index (χ4v) is 3.28. The van der Waals surface area contributed by atoms with Crippen molar-refractivity contribution in [2.24, 2.45) is 5.92 Å². The summed E-state index contributed by atoms with van der Waals surface area (Å²) in [6.07, 6.45) is 4.74. The molecule has 2 aliphatic heterocycles. The maximum Gasteiger partial charge on any atom is 0.226 e. The first-order valence-electron chi connectivity index (χ1n) is 7.69. The van der Waals surface area contributed by atoms with Gasteiger partial charge in [0.2, 0.25) is 5.91 Å². The number of morpholine rings is 1. The van der Waals surface area contributed by atoms with Gasteiger partial charge in [0.25, 0.3) is 0 Å². The lowest BCUT2D eigenvalue weighted by Crippen LogP contribution is -2.45. The molecule has 1 aromatic heterocycles. The van der Waals surface area contributed by atoms with Crippen molar-refractivity contribution in [1.29, 1.82) is 0 Å². The van der Waals surface area contributed by atoms with Crippen LogP contribution in [-0.2, 0) is 16.1 Å². The van der Waals surface area contributed by atoms with Crippen LogP contribution in [0.25, 0.3) is 0 Å². The standard InChI is InChI=1S/C16H23N3O2/c1-11(2)18-16(20)14-6-13-9-19(10-15(14)21-13)8-12-4-3-5-17-7-12/h3-5,7,11,13-15H,6,8-10H2,1-2H3,(H,18,20)/t13-,14-,15+/m0/s1. The molecular formula is C16H23N3O2. The maximum absolute atomic E-state index is 12.2. The molecule has 0 spiro atoms. The summed E-state index contributed by atoms with van der Waals surface area (Å²) in [6, 6.07) is 4.24. The Morgan fingerprint density at radius 2 is 2.38 bits per heavy atom. The van der Waals surface area contributed by atoms with Crippen LogP contribution in [0, 0.1) is 5.92 Å². The molecule has 0 radical (unpaired) electrons. The molecule has 5 nitrogen and oxygen atoms in total. The van der Waals surface area contributed by atoms with Crippen LogP contribution in [0.1, 0.15) is 25.8 Å². The molecule has 2 fully saturated rings. The van der Waals surface area contributed by atoms with Crippen LogP contribution in [0.15, 0.2) is 24.5 Å². The van der Waals surface area contributed by atoms with Gasteiger partial charge < -0.3 is 10.1 Å². The minimum atomic E-state index is -0.00343. The summed E-state index contributed by atoms with van der Waals surface area (Å²) in [5, 5.41) is 3.01. The highest BCUT2D eigenvalue weighted by molar-refractivity contribution is 5.80. The molecule has 2 aliphatic rings. The molecule has 0 unspecified atom stereocenters. The summed E-state index contributed by atoms with van der Waals surface area (Å²) in [4.78, 5) is 18.8. The van der Waals surface area contributed by atoms with E-state index in [-0.39, 0.29) is 30.1 Å². The Kier molecular flexibility index (Phi) is 4.22. The minimum Gasteiger partial charge on any atom is -0.371 e. The highest BCUT2D eigenvalue weighted by Crippen LogP contribution is 2.32. The molecule has 3 atom stereocenters. The van der Waals surface area contributed by atoms with Gasteiger partial charge in [-0.2, -0.15) is 0 Å². The van der Waals surface area contributed by atoms with Crippen molar-refractivity contribution in [1.82, 2.24) is 15.2 Å². The lowest BCUT2D eigenvalue weighted by Gasteiger charge is -2.32. The van der Waals surface area contributed by atoms with Gasteiger partial charge in [-0.25, -0.2) is 0 Å². The Hall–Kier alpha value is -1.46. The van der Waals surface area contributed by atoms with Gasteiger partial charge in [0.1, 0.15) is 0 Å². The summed E-state index contributed by atoms with van der Waals surface area (Å²) in [6.45, 7) is 6.59. The second-order valence-corrected chi connectivity index (χ2v) is 6.36. The lowest BCUT2D eigenvalue weighted by molar-refractivity contribution is -0.128. The van der Waals surface area contributed by atoms with Gasteiger partial charge in [0, 0.05) is 38.1 Å². The molecule has 3 rings (SSSR count). The monoisotopic (exact) mass is 289 g/mol. The van der Waals surface area contributed by atoms with E-state index in [9.17, 15) is 4.79 Å². The molecule has 2 bridgehead atoms. The second kappa shape index (κ2) is 6.12. The first kappa shape index (κ1) is 14.5. The number of hydrogen-bond acceptors (Lipinski definition) is 4. The number of ether oxygens (including phenoxy) is 1. The zero-order valence-electron chi connectivity index (χ0n) is 12.7. The SMILES string of the molecule is CC(C)NC(=O)[C@H]1C[C@H]2CN(Cc3cccnc3)C[C@H]1O2. The Balaban J connectivity index is 1.61. The number of hydrogen-bond donors (Lipinski definition) is 1. The molecule has 114 valence electrons. The molecule has 1 amide bonds. The number of fused-ring (bicyclic) bond motifs is 2. The van der Waals surface area contributed by atoms with Crippen molar-refractivity contribution in [3.8, 4) is 0 Å². The maximum atomic E-state index is 12.2. The molecular weight excluding hydrogens is 266 g/mol. The number of carbonyl (C=O) groups excluding carboxylic acids is 1. The van der Waals surface area contributed by atoms with Gasteiger partial charge in [-0.1, -0.05) is 6.07 Å². The third-order valence-electron chi connectivity index (χ3n) is 4.13. The highest BCUT2D eigenvalue weighted by atomic mass is 16.5. The van der Waals surface area contributed by atoms with Crippen molar-refractivity contribution in [3.63, 3.8) is 0 Å². The van der Waals surface area contributed by atoms with Crippen LogP contribution in [0.5, 0.6) is 0 Å². The molecule has 21 heavy (non-hydrogen) atoms. The summed E-state index contributed by atoms with van der Waals surface area (Å²) in [5.41, 5.74) is 1.21. The minimum absolute atomic E-state index is 0.00343. The predicted molar refractivity (Wildman–Crippen MR) is 79.6 cm³/mol. The number of rotatable bonds is 4. The first-order chi connectivity index (χ1) is 10.1. The number of nitrogens with one attached hydrogen (secondary N) is 1. The largest absolute Gasteiger partial charge is 0.371 e. The summed E-state index contributed by atoms with van der Waals surface area (Å²) < 4.78 is 5.96. The van der Waals surface area contributed by atoms with Crippen LogP contribution in [0.2, 0.25) is 0 Å². The number of nitrogens with zero attached hydrogens (tertiary/aromatic N) is 2. The van der Waals surface area contributed by atoms with Gasteiger partial charge in [-0.05, 0) is 31.9 Å². The molecule has 0 aliphatic carbocycles. The zero-order valence-corrected chi connectivity index (χ0v) is 12.7. The summed E-state index contributed by atoms with van der Waals surface area (Å²) in [7, 11) is 0. The van der Waals surface area contributed by atoms with E-state index in [4.69, 9.17) is 4.74 Å². The Labute approximate surface area is 125 Å². The van der Waals surface area contributed by atoms with Crippen LogP contribution in [-0.4, -0.2) is 47.1 Å². The van der Waals surface area contributed by atoms with Crippen molar-refractivity contribution < 1.29 is 9.53 Å². The Morgan fingerprint density at radius 3 is 3.10 bits per heavy atom. The normalized spacial score (nSPS) is 28.8. The van der Waals surface area contributed by atoms with Crippen molar-refractivity contribution in [2.75, 3.05) is 13.1 Å². The molecule has 1 N–H and O–H groups in total. The van der Waals surface area contributed by atoms with E-state index in [1.807, 2.05) is 26.1 Å². The summed E-state index contributed by atoms with van der Waals surface area (Å²) >= 11 is 0. The Morgan fingerprint density at radius 1 is 1.52 bits per heavy atom. The molecule has 5 heteroatoms. The van der Waals surface area contributed by atoms with E-state index in [1.165, 1.54) is 5.56 Å². The molecule has 1 aromatic rings. The first-order valence-corrected chi connectivity index (χ1v) is 7.69. The van der Waals surface area contributed by atoms with E-state index < -0.39 is 0 Å². The quantitative estimate of drug-likeness (QED) is 0.905. The summed E-state index contributed by atoms with van der Waals surface area (Å²) in [5.74, 6) is 0.136. The number of amides is 1. The average Bonchev–Trinajstić information content (AvgIpc) is 2.74. The van der Waals surface area contributed by atoms with Gasteiger partial charge in [0.15, 0.2) is 0 Å². The number of likely N-dealkylation sites (tertiary alicyclic amines) is 1. The highest BCUT2D eigenvalue weighted by Gasteiger charge is 2.44. The van der Waals surface area contributed by atoms with Crippen LogP contribution >= 0.6 is 0 Å². The second-order valence-electron chi connectivity index (χ2n) is 6.36. The predicted octanol–water partition coefficient (Wildman–Crippen LogP) is 1.20. The van der Waals surface area contributed by atoms with Crippen molar-refractivity contribution in [3.05, 3.63) is 30.1 Å². The van der Waals surface area contributed by atoms with E-state index in [2.05, 4.69) is 21.3 Å². The third kappa shape index (κ3) is 3.41. The van der Waals surface area contributed by atoms with Crippen molar-refractivity contribution >= 4 is 5.91 Å². The Bertz CT molecular complexity index is 492. The van der Waals surface area contributed by atoms with Crippen molar-refractivity contribution in [2.45, 2.75) is 45.1 Å². The molecule has 3 heterocycles. The van der Waals surface area contributed by atoms with Gasteiger partial charge in [0.05, 0.1) is 18.1 Å². The third-order valence-corrected chi connectivity index (χ3v) is 4.13. The number of pyridine rings is 1. The van der Waals surface area contributed by atoms with E-state index >= 15 is 0 Å². The number of aromatic nitrogens is 1. The fraction of sp³-hybridized carbons (Fsp3) is 0.625. The number of carbonyl (C=O) groups is 1. The van der Waals surface area contributed by atoms with E-state index in [0.29, 0.717) is 0 Å². The lowest BCUT2D eigenvalue weighted by atomic mass is 9.99. The van der Waals surface area contributed by atoms with E-state index in [1.54, 1.807) is 6.20 Å². The van der Waals surface area contributed by atoms with E-state index in [0.717, 1.165) is 26.1 Å². The zero-order chi connectivity index (χ0) is 14.8. The van der Waals surface area contributed by atoms with Gasteiger partial charge in [-0.15, -0.1) is 0 Å². The van der Waals surface area contributed by atoms with Crippen LogP contribution in [0.3, 0.4) is 0 Å².